The first kappa shape index (κ1) is 13.0. The largest absolute Gasteiger partial charge is 0.328 e. The number of tetrazole rings is 1. The average Bonchev–Trinajstić information content (AvgIpc) is 2.77. The molecule has 2 aromatic rings. The summed E-state index contributed by atoms with van der Waals surface area (Å²) in [5.74, 6) is 0. The fourth-order valence-electron chi connectivity index (χ4n) is 1.76. The van der Waals surface area contributed by atoms with Gasteiger partial charge < -0.3 is 5.73 Å². The lowest BCUT2D eigenvalue weighted by molar-refractivity contribution is 0.654. The van der Waals surface area contributed by atoms with E-state index < -0.39 is 0 Å². The zero-order valence-electron chi connectivity index (χ0n) is 11.0. The number of nitrogens with two attached hydrogens (primary N) is 1. The number of aromatic nitrogens is 6. The number of hydrogen-bond donors (Lipinski definition) is 1. The molecule has 0 spiro atoms. The number of aryl methyl sites for hydroxylation is 3. The van der Waals surface area contributed by atoms with Crippen LogP contribution in [-0.2, 0) is 20.5 Å². The van der Waals surface area contributed by atoms with E-state index in [4.69, 9.17) is 5.73 Å². The predicted molar refractivity (Wildman–Crippen MR) is 68.2 cm³/mol. The highest BCUT2D eigenvalue weighted by Crippen LogP contribution is 2.30. The van der Waals surface area contributed by atoms with E-state index >= 15 is 0 Å². The number of rotatable bonds is 4. The molecule has 2 rings (SSSR count). The Hall–Kier alpha value is -1.41. The molecule has 18 heavy (non-hydrogen) atoms. The fraction of sp³-hybridized carbons (Fsp3) is 0.600. The van der Waals surface area contributed by atoms with Crippen LogP contribution in [0.15, 0.2) is 10.2 Å². The lowest BCUT2D eigenvalue weighted by Gasteiger charge is -2.07. The van der Waals surface area contributed by atoms with E-state index in [-0.39, 0.29) is 6.04 Å². The maximum absolute atomic E-state index is 5.88. The van der Waals surface area contributed by atoms with Crippen LogP contribution in [0.2, 0.25) is 0 Å². The summed E-state index contributed by atoms with van der Waals surface area (Å²) in [5.41, 5.74) is 8.06. The SMILES string of the molecule is Cc1nn(C)c(Sc2nnnn2C)c1CC(C)N. The van der Waals surface area contributed by atoms with E-state index in [1.54, 1.807) is 4.68 Å². The van der Waals surface area contributed by atoms with Crippen molar-refractivity contribution >= 4 is 11.8 Å². The average molecular weight is 267 g/mol. The van der Waals surface area contributed by atoms with Crippen LogP contribution in [0.4, 0.5) is 0 Å². The molecular weight excluding hydrogens is 250 g/mol. The molecule has 0 amide bonds. The number of nitrogens with zero attached hydrogens (tertiary/aromatic N) is 6. The molecule has 0 saturated heterocycles. The van der Waals surface area contributed by atoms with Crippen LogP contribution < -0.4 is 5.73 Å². The van der Waals surface area contributed by atoms with Crippen LogP contribution in [0.1, 0.15) is 18.2 Å². The summed E-state index contributed by atoms with van der Waals surface area (Å²) in [5, 5.41) is 17.6. The van der Waals surface area contributed by atoms with Gasteiger partial charge in [-0.05, 0) is 42.5 Å². The molecule has 0 radical (unpaired) electrons. The molecule has 0 aliphatic carbocycles. The predicted octanol–water partition coefficient (Wildman–Crippen LogP) is 0.293. The summed E-state index contributed by atoms with van der Waals surface area (Å²) in [7, 11) is 3.74. The van der Waals surface area contributed by atoms with Gasteiger partial charge in [-0.1, -0.05) is 0 Å². The Balaban J connectivity index is 2.34. The standard InChI is InChI=1S/C10H17N7S/c1-6(11)5-8-7(2)13-16(3)9(8)18-10-12-14-15-17(10)4/h6H,5,11H2,1-4H3. The van der Waals surface area contributed by atoms with Gasteiger partial charge in [0.2, 0.25) is 5.16 Å². The van der Waals surface area contributed by atoms with E-state index in [1.165, 1.54) is 17.3 Å². The monoisotopic (exact) mass is 267 g/mol. The molecule has 0 aliphatic rings. The first-order valence-electron chi connectivity index (χ1n) is 5.67. The minimum atomic E-state index is 0.102. The molecule has 1 atom stereocenters. The third-order valence-corrected chi connectivity index (χ3v) is 3.82. The molecule has 98 valence electrons. The summed E-state index contributed by atoms with van der Waals surface area (Å²) in [6.07, 6.45) is 0.799. The number of hydrogen-bond acceptors (Lipinski definition) is 6. The minimum absolute atomic E-state index is 0.102. The van der Waals surface area contributed by atoms with Gasteiger partial charge in [-0.3, -0.25) is 4.68 Å². The summed E-state index contributed by atoms with van der Waals surface area (Å²) >= 11 is 1.51. The van der Waals surface area contributed by atoms with Crippen molar-refractivity contribution in [1.82, 2.24) is 30.0 Å². The Labute approximate surface area is 110 Å². The van der Waals surface area contributed by atoms with E-state index in [9.17, 15) is 0 Å². The summed E-state index contributed by atoms with van der Waals surface area (Å²) in [6, 6.07) is 0.102. The normalized spacial score (nSPS) is 12.9. The Morgan fingerprint density at radius 3 is 2.61 bits per heavy atom. The van der Waals surface area contributed by atoms with Gasteiger partial charge in [0, 0.05) is 25.7 Å². The van der Waals surface area contributed by atoms with Crippen molar-refractivity contribution in [2.45, 2.75) is 36.5 Å². The Kier molecular flexibility index (Phi) is 3.67. The van der Waals surface area contributed by atoms with Crippen LogP contribution in [0.25, 0.3) is 0 Å². The summed E-state index contributed by atoms with van der Waals surface area (Å²) in [6.45, 7) is 3.99. The van der Waals surface area contributed by atoms with Gasteiger partial charge in [0.1, 0.15) is 5.03 Å². The second-order valence-corrected chi connectivity index (χ2v) is 5.32. The van der Waals surface area contributed by atoms with E-state index in [1.807, 2.05) is 32.6 Å². The van der Waals surface area contributed by atoms with Crippen LogP contribution >= 0.6 is 11.8 Å². The molecule has 0 aromatic carbocycles. The summed E-state index contributed by atoms with van der Waals surface area (Å²) in [4.78, 5) is 0. The molecule has 8 heteroatoms. The van der Waals surface area contributed by atoms with E-state index in [2.05, 4.69) is 20.6 Å². The minimum Gasteiger partial charge on any atom is -0.328 e. The molecule has 2 aromatic heterocycles. The Bertz CT molecular complexity index is 542. The van der Waals surface area contributed by atoms with Crippen LogP contribution in [0, 0.1) is 6.92 Å². The Morgan fingerprint density at radius 2 is 2.06 bits per heavy atom. The maximum atomic E-state index is 5.88. The smallest absolute Gasteiger partial charge is 0.215 e. The van der Waals surface area contributed by atoms with Gasteiger partial charge in [0.05, 0.1) is 5.69 Å². The van der Waals surface area contributed by atoms with Crippen molar-refractivity contribution in [2.24, 2.45) is 19.8 Å². The van der Waals surface area contributed by atoms with Crippen molar-refractivity contribution < 1.29 is 0 Å². The molecule has 0 aliphatic heterocycles. The molecule has 2 N–H and O–H groups in total. The highest BCUT2D eigenvalue weighted by molar-refractivity contribution is 7.99. The lowest BCUT2D eigenvalue weighted by Crippen LogP contribution is -2.18. The van der Waals surface area contributed by atoms with Crippen molar-refractivity contribution in [3.05, 3.63) is 11.3 Å². The molecule has 0 bridgehead atoms. The van der Waals surface area contributed by atoms with Crippen molar-refractivity contribution in [3.63, 3.8) is 0 Å². The van der Waals surface area contributed by atoms with Crippen molar-refractivity contribution in [2.75, 3.05) is 0 Å². The van der Waals surface area contributed by atoms with Gasteiger partial charge in [0.25, 0.3) is 0 Å². The van der Waals surface area contributed by atoms with Crippen LogP contribution in [0.3, 0.4) is 0 Å². The second-order valence-electron chi connectivity index (χ2n) is 4.36. The molecule has 0 saturated carbocycles. The molecular formula is C10H17N7S. The fourth-order valence-corrected chi connectivity index (χ4v) is 2.71. The first-order valence-corrected chi connectivity index (χ1v) is 6.49. The van der Waals surface area contributed by atoms with Crippen LogP contribution in [-0.4, -0.2) is 36.0 Å². The summed E-state index contributed by atoms with van der Waals surface area (Å²) < 4.78 is 3.50. The molecule has 0 fully saturated rings. The highest BCUT2D eigenvalue weighted by atomic mass is 32.2. The zero-order chi connectivity index (χ0) is 13.3. The molecule has 1 unspecified atom stereocenters. The first-order chi connectivity index (χ1) is 8.49. The third kappa shape index (κ3) is 2.54. The third-order valence-electron chi connectivity index (χ3n) is 2.58. The van der Waals surface area contributed by atoms with Crippen molar-refractivity contribution in [1.29, 1.82) is 0 Å². The quantitative estimate of drug-likeness (QED) is 0.857. The topological polar surface area (TPSA) is 87.4 Å². The van der Waals surface area contributed by atoms with E-state index in [0.29, 0.717) is 0 Å². The molecule has 2 heterocycles. The van der Waals surface area contributed by atoms with Crippen LogP contribution in [0.5, 0.6) is 0 Å². The van der Waals surface area contributed by atoms with Gasteiger partial charge in [-0.2, -0.15) is 5.10 Å². The van der Waals surface area contributed by atoms with E-state index in [0.717, 1.165) is 22.3 Å². The van der Waals surface area contributed by atoms with Crippen molar-refractivity contribution in [3.8, 4) is 0 Å². The van der Waals surface area contributed by atoms with Gasteiger partial charge in [0.15, 0.2) is 0 Å². The zero-order valence-corrected chi connectivity index (χ0v) is 11.8. The highest BCUT2D eigenvalue weighted by Gasteiger charge is 2.17. The van der Waals surface area contributed by atoms with Gasteiger partial charge in [-0.15, -0.1) is 5.10 Å². The Morgan fingerprint density at radius 1 is 1.33 bits per heavy atom. The maximum Gasteiger partial charge on any atom is 0.215 e. The second kappa shape index (κ2) is 5.07. The van der Waals surface area contributed by atoms with Gasteiger partial charge in [-0.25, -0.2) is 4.68 Å². The van der Waals surface area contributed by atoms with Gasteiger partial charge >= 0.3 is 0 Å². The molecule has 7 nitrogen and oxygen atoms in total. The lowest BCUT2D eigenvalue weighted by atomic mass is 10.1.